The van der Waals surface area contributed by atoms with Crippen molar-refractivity contribution in [3.63, 3.8) is 0 Å². The van der Waals surface area contributed by atoms with Gasteiger partial charge in [-0.15, -0.1) is 0 Å². The fourth-order valence-electron chi connectivity index (χ4n) is 1.91. The highest BCUT2D eigenvalue weighted by Gasteiger charge is 2.08. The molecule has 3 aromatic rings. The molecule has 0 saturated heterocycles. The van der Waals surface area contributed by atoms with E-state index in [1.54, 1.807) is 29.1 Å². The maximum atomic E-state index is 11.2. The summed E-state index contributed by atoms with van der Waals surface area (Å²) in [6, 6.07) is 8.65. The molecule has 2 heterocycles. The molecule has 1 aromatic carbocycles. The van der Waals surface area contributed by atoms with Gasteiger partial charge in [-0.3, -0.25) is 4.79 Å². The van der Waals surface area contributed by atoms with Crippen molar-refractivity contribution in [1.82, 2.24) is 14.8 Å². The highest BCUT2D eigenvalue weighted by molar-refractivity contribution is 5.93. The summed E-state index contributed by atoms with van der Waals surface area (Å²) in [6.45, 7) is 0. The molecule has 1 amide bonds. The number of benzene rings is 1. The Morgan fingerprint density at radius 1 is 1.21 bits per heavy atom. The Hall–Kier alpha value is -2.89. The van der Waals surface area contributed by atoms with Crippen LogP contribution in [-0.4, -0.2) is 20.7 Å². The van der Waals surface area contributed by atoms with Gasteiger partial charge < -0.3 is 11.5 Å². The fourth-order valence-corrected chi connectivity index (χ4v) is 1.91. The second-order valence-electron chi connectivity index (χ2n) is 4.14. The molecule has 0 radical (unpaired) electrons. The molecule has 0 saturated carbocycles. The van der Waals surface area contributed by atoms with E-state index in [1.807, 2.05) is 12.1 Å². The lowest BCUT2D eigenvalue weighted by Crippen LogP contribution is -2.12. The summed E-state index contributed by atoms with van der Waals surface area (Å²) in [5, 5.41) is 5.20. The lowest BCUT2D eigenvalue weighted by atomic mass is 10.2. The minimum atomic E-state index is -0.500. The van der Waals surface area contributed by atoms with Crippen molar-refractivity contribution in [2.24, 2.45) is 5.73 Å². The largest absolute Gasteiger partial charge is 0.399 e. The molecule has 4 N–H and O–H groups in total. The molecule has 0 atom stereocenters. The minimum absolute atomic E-state index is 0.387. The molecular weight excluding hydrogens is 242 g/mol. The van der Waals surface area contributed by atoms with Crippen molar-refractivity contribution in [3.05, 3.63) is 48.3 Å². The Kier molecular flexibility index (Phi) is 2.42. The minimum Gasteiger partial charge on any atom is -0.399 e. The van der Waals surface area contributed by atoms with Crippen molar-refractivity contribution in [2.45, 2.75) is 0 Å². The van der Waals surface area contributed by atoms with Crippen LogP contribution in [0.2, 0.25) is 0 Å². The second-order valence-corrected chi connectivity index (χ2v) is 4.14. The van der Waals surface area contributed by atoms with E-state index in [4.69, 9.17) is 11.5 Å². The van der Waals surface area contributed by atoms with E-state index in [1.165, 1.54) is 6.20 Å². The second kappa shape index (κ2) is 4.09. The van der Waals surface area contributed by atoms with E-state index in [9.17, 15) is 4.79 Å². The number of aromatic nitrogens is 3. The van der Waals surface area contributed by atoms with Crippen molar-refractivity contribution in [3.8, 4) is 5.82 Å². The SMILES string of the molecule is NC(=O)c1ccnc(-n2ncc3ccc(N)cc32)c1. The van der Waals surface area contributed by atoms with Crippen LogP contribution < -0.4 is 11.5 Å². The van der Waals surface area contributed by atoms with Crippen molar-refractivity contribution < 1.29 is 4.79 Å². The number of pyridine rings is 1. The maximum absolute atomic E-state index is 11.2. The first-order valence-electron chi connectivity index (χ1n) is 5.64. The number of hydrogen-bond donors (Lipinski definition) is 2. The van der Waals surface area contributed by atoms with E-state index in [0.717, 1.165) is 10.9 Å². The van der Waals surface area contributed by atoms with E-state index >= 15 is 0 Å². The number of nitrogens with two attached hydrogens (primary N) is 2. The number of rotatable bonds is 2. The van der Waals surface area contributed by atoms with E-state index in [2.05, 4.69) is 10.1 Å². The quantitative estimate of drug-likeness (QED) is 0.668. The third kappa shape index (κ3) is 1.89. The monoisotopic (exact) mass is 253 g/mol. The van der Waals surface area contributed by atoms with Crippen LogP contribution in [0.25, 0.3) is 16.7 Å². The topological polar surface area (TPSA) is 99.8 Å². The Balaban J connectivity index is 2.21. The Bertz CT molecular complexity index is 778. The van der Waals surface area contributed by atoms with Crippen LogP contribution in [-0.2, 0) is 0 Å². The summed E-state index contributed by atoms with van der Waals surface area (Å²) < 4.78 is 1.62. The van der Waals surface area contributed by atoms with Crippen LogP contribution in [0.3, 0.4) is 0 Å². The van der Waals surface area contributed by atoms with Gasteiger partial charge in [-0.1, -0.05) is 0 Å². The number of fused-ring (bicyclic) bond motifs is 1. The molecule has 6 nitrogen and oxygen atoms in total. The third-order valence-electron chi connectivity index (χ3n) is 2.84. The zero-order chi connectivity index (χ0) is 13.4. The first-order valence-corrected chi connectivity index (χ1v) is 5.64. The van der Waals surface area contributed by atoms with E-state index in [-0.39, 0.29) is 0 Å². The summed E-state index contributed by atoms with van der Waals surface area (Å²) in [6.07, 6.45) is 3.24. The number of amides is 1. The average molecular weight is 253 g/mol. The van der Waals surface area contributed by atoms with Crippen molar-refractivity contribution in [1.29, 1.82) is 0 Å². The molecule has 0 unspecified atom stereocenters. The van der Waals surface area contributed by atoms with Gasteiger partial charge in [0, 0.05) is 22.8 Å². The standard InChI is InChI=1S/C13H11N5O/c14-10-2-1-9-7-17-18(11(9)6-10)12-5-8(13(15)19)3-4-16-12/h1-7H,14H2,(H2,15,19). The first kappa shape index (κ1) is 11.2. The van der Waals surface area contributed by atoms with Crippen LogP contribution in [0, 0.1) is 0 Å². The van der Waals surface area contributed by atoms with E-state index < -0.39 is 5.91 Å². The molecule has 0 spiro atoms. The lowest BCUT2D eigenvalue weighted by Gasteiger charge is -2.04. The molecule has 0 bridgehead atoms. The summed E-state index contributed by atoms with van der Waals surface area (Å²) in [7, 11) is 0. The summed E-state index contributed by atoms with van der Waals surface area (Å²) in [5.74, 6) is 0.0246. The van der Waals surface area contributed by atoms with Gasteiger partial charge in [0.2, 0.25) is 5.91 Å². The molecule has 0 aliphatic carbocycles. The normalized spacial score (nSPS) is 10.7. The molecular formula is C13H11N5O. The predicted molar refractivity (Wildman–Crippen MR) is 71.8 cm³/mol. The molecule has 0 aliphatic rings. The van der Waals surface area contributed by atoms with Crippen LogP contribution in [0.15, 0.2) is 42.7 Å². The lowest BCUT2D eigenvalue weighted by molar-refractivity contribution is 0.1000. The molecule has 2 aromatic heterocycles. The molecule has 94 valence electrons. The zero-order valence-corrected chi connectivity index (χ0v) is 9.95. The predicted octanol–water partition coefficient (Wildman–Crippen LogP) is 1.10. The van der Waals surface area contributed by atoms with Crippen LogP contribution in [0.1, 0.15) is 10.4 Å². The van der Waals surface area contributed by atoms with Gasteiger partial charge in [-0.05, 0) is 30.3 Å². The third-order valence-corrected chi connectivity index (χ3v) is 2.84. The summed E-state index contributed by atoms with van der Waals surface area (Å²) in [4.78, 5) is 15.4. The summed E-state index contributed by atoms with van der Waals surface area (Å²) >= 11 is 0. The number of carbonyl (C=O) groups is 1. The Labute approximate surface area is 108 Å². The number of anilines is 1. The van der Waals surface area contributed by atoms with Crippen molar-refractivity contribution >= 4 is 22.5 Å². The average Bonchev–Trinajstić information content (AvgIpc) is 2.81. The van der Waals surface area contributed by atoms with Crippen LogP contribution in [0.5, 0.6) is 0 Å². The van der Waals surface area contributed by atoms with E-state index in [0.29, 0.717) is 17.1 Å². The van der Waals surface area contributed by atoms with Gasteiger partial charge in [0.05, 0.1) is 11.7 Å². The number of primary amides is 1. The number of hydrogen-bond acceptors (Lipinski definition) is 4. The van der Waals surface area contributed by atoms with Crippen LogP contribution in [0.4, 0.5) is 5.69 Å². The fraction of sp³-hybridized carbons (Fsp3) is 0. The number of nitrogen functional groups attached to an aromatic ring is 1. The summed E-state index contributed by atoms with van der Waals surface area (Å²) in [5.41, 5.74) is 12.9. The van der Waals surface area contributed by atoms with Gasteiger partial charge in [-0.25, -0.2) is 9.67 Å². The maximum Gasteiger partial charge on any atom is 0.248 e. The Morgan fingerprint density at radius 3 is 2.84 bits per heavy atom. The van der Waals surface area contributed by atoms with Gasteiger partial charge in [-0.2, -0.15) is 5.10 Å². The molecule has 3 rings (SSSR count). The van der Waals surface area contributed by atoms with Crippen molar-refractivity contribution in [2.75, 3.05) is 5.73 Å². The highest BCUT2D eigenvalue weighted by Crippen LogP contribution is 2.20. The van der Waals surface area contributed by atoms with Gasteiger partial charge in [0.1, 0.15) is 0 Å². The molecule has 0 aliphatic heterocycles. The van der Waals surface area contributed by atoms with Crippen LogP contribution >= 0.6 is 0 Å². The molecule has 0 fully saturated rings. The van der Waals surface area contributed by atoms with Gasteiger partial charge >= 0.3 is 0 Å². The Morgan fingerprint density at radius 2 is 2.05 bits per heavy atom. The van der Waals surface area contributed by atoms with Gasteiger partial charge in [0.15, 0.2) is 5.82 Å². The number of nitrogens with zero attached hydrogens (tertiary/aromatic N) is 3. The highest BCUT2D eigenvalue weighted by atomic mass is 16.1. The number of carbonyl (C=O) groups excluding carboxylic acids is 1. The molecule has 19 heavy (non-hydrogen) atoms. The zero-order valence-electron chi connectivity index (χ0n) is 9.95. The smallest absolute Gasteiger partial charge is 0.248 e. The first-order chi connectivity index (χ1) is 9.15. The van der Waals surface area contributed by atoms with Gasteiger partial charge in [0.25, 0.3) is 0 Å². The molecule has 6 heteroatoms.